The van der Waals surface area contributed by atoms with Gasteiger partial charge in [-0.15, -0.1) is 0 Å². The van der Waals surface area contributed by atoms with Gasteiger partial charge in [-0.2, -0.15) is 0 Å². The summed E-state index contributed by atoms with van der Waals surface area (Å²) in [4.78, 5) is 0. The minimum Gasteiger partial charge on any atom is -0.0931 e. The van der Waals surface area contributed by atoms with Crippen LogP contribution in [0.25, 0.3) is 0 Å². The van der Waals surface area contributed by atoms with E-state index in [0.717, 1.165) is 6.42 Å². The Labute approximate surface area is 42.2 Å². The monoisotopic (exact) mass is 104 g/mol. The number of hydrogen-bond donors (Lipinski definition) is 0. The van der Waals surface area contributed by atoms with Crippen molar-refractivity contribution < 1.29 is 0 Å². The lowest BCUT2D eigenvalue weighted by atomic mass is 10.6. The van der Waals surface area contributed by atoms with Gasteiger partial charge in [-0.05, 0) is 10.7 Å². The second-order valence-electron chi connectivity index (χ2n) is 0.569. The summed E-state index contributed by atoms with van der Waals surface area (Å²) in [6.07, 6.45) is 0.769. The lowest BCUT2D eigenvalue weighted by Crippen LogP contribution is -1.63. The third-order valence-corrected chi connectivity index (χ3v) is 0.577. The van der Waals surface area contributed by atoms with Gasteiger partial charge in [0.25, 0.3) is 0 Å². The van der Waals surface area contributed by atoms with E-state index < -0.39 is 0 Å². The Balaban J connectivity index is 2.65. The number of rotatable bonds is 2. The van der Waals surface area contributed by atoms with Crippen molar-refractivity contribution in [3.05, 3.63) is 0 Å². The fourth-order valence-electron chi connectivity index (χ4n) is 0.0393. The highest BCUT2D eigenvalue weighted by atomic mass is 32.1. The van der Waals surface area contributed by atoms with E-state index in [0.29, 0.717) is 0 Å². The molecule has 0 aliphatic rings. The molecule has 0 aromatic rings. The summed E-state index contributed by atoms with van der Waals surface area (Å²) in [5, 5.41) is 3.21. The van der Waals surface area contributed by atoms with E-state index in [1.807, 2.05) is 0 Å². The third kappa shape index (κ3) is 4.18. The molecule has 0 bridgehead atoms. The van der Waals surface area contributed by atoms with Crippen LogP contribution in [-0.4, -0.2) is 10.7 Å². The normalized spacial score (nSPS) is 6.40. The Hall–Kier alpha value is 0.180. The fourth-order valence-corrected chi connectivity index (χ4v) is 0.354. The molecule has 0 aliphatic carbocycles. The highest BCUT2D eigenvalue weighted by Gasteiger charge is 1.57. The van der Waals surface area contributed by atoms with Gasteiger partial charge in [-0.1, -0.05) is 24.4 Å². The van der Waals surface area contributed by atoms with Crippen molar-refractivity contribution in [3.63, 3.8) is 0 Å². The van der Waals surface area contributed by atoms with E-state index in [1.54, 1.807) is 10.7 Å². The third-order valence-electron chi connectivity index (χ3n) is 0.192. The molecule has 0 radical (unpaired) electrons. The summed E-state index contributed by atoms with van der Waals surface area (Å²) < 4.78 is 0. The van der Waals surface area contributed by atoms with Crippen molar-refractivity contribution >= 4 is 35.2 Å². The standard InChI is InChI=1S/C3H4S2/c4-2-1-3-5/h2-3H,1H2. The summed E-state index contributed by atoms with van der Waals surface area (Å²) >= 11 is 8.86. The van der Waals surface area contributed by atoms with Gasteiger partial charge >= 0.3 is 0 Å². The second kappa shape index (κ2) is 4.18. The van der Waals surface area contributed by atoms with Gasteiger partial charge in [0, 0.05) is 6.42 Å². The van der Waals surface area contributed by atoms with Crippen LogP contribution in [0.15, 0.2) is 0 Å². The largest absolute Gasteiger partial charge is 0.0931 e. The maximum atomic E-state index is 4.43. The van der Waals surface area contributed by atoms with Crippen LogP contribution in [0.4, 0.5) is 0 Å². The lowest BCUT2D eigenvalue weighted by molar-refractivity contribution is 1.85. The molecule has 0 unspecified atom stereocenters. The molecule has 0 nitrogen and oxygen atoms in total. The van der Waals surface area contributed by atoms with Crippen LogP contribution in [0.3, 0.4) is 0 Å². The Kier molecular flexibility index (Phi) is 4.33. The van der Waals surface area contributed by atoms with Gasteiger partial charge < -0.3 is 0 Å². The van der Waals surface area contributed by atoms with E-state index in [1.165, 1.54) is 0 Å². The van der Waals surface area contributed by atoms with Crippen LogP contribution in [0.2, 0.25) is 0 Å². The summed E-state index contributed by atoms with van der Waals surface area (Å²) in [6, 6.07) is 0. The van der Waals surface area contributed by atoms with Gasteiger partial charge in [0.1, 0.15) is 0 Å². The quantitative estimate of drug-likeness (QED) is 0.485. The van der Waals surface area contributed by atoms with Crippen LogP contribution < -0.4 is 0 Å². The van der Waals surface area contributed by atoms with Gasteiger partial charge in [-0.25, -0.2) is 0 Å². The first-order valence-corrected chi connectivity index (χ1v) is 2.23. The van der Waals surface area contributed by atoms with Crippen molar-refractivity contribution in [2.45, 2.75) is 6.42 Å². The minimum absolute atomic E-state index is 0.769. The molecule has 28 valence electrons. The molecule has 0 aromatic heterocycles. The summed E-state index contributed by atoms with van der Waals surface area (Å²) in [7, 11) is 0. The van der Waals surface area contributed by atoms with Gasteiger partial charge in [0.2, 0.25) is 0 Å². The topological polar surface area (TPSA) is 0 Å². The van der Waals surface area contributed by atoms with Crippen molar-refractivity contribution in [2.75, 3.05) is 0 Å². The fraction of sp³-hybridized carbons (Fsp3) is 0.333. The Morgan fingerprint density at radius 2 is 1.60 bits per heavy atom. The van der Waals surface area contributed by atoms with Crippen LogP contribution in [0, 0.1) is 0 Å². The van der Waals surface area contributed by atoms with E-state index in [4.69, 9.17) is 0 Å². The molecule has 0 N–H and O–H groups in total. The van der Waals surface area contributed by atoms with E-state index >= 15 is 0 Å². The van der Waals surface area contributed by atoms with E-state index in [9.17, 15) is 0 Å². The Morgan fingerprint density at radius 1 is 1.20 bits per heavy atom. The van der Waals surface area contributed by atoms with Crippen molar-refractivity contribution in [3.8, 4) is 0 Å². The van der Waals surface area contributed by atoms with Crippen molar-refractivity contribution in [1.82, 2.24) is 0 Å². The van der Waals surface area contributed by atoms with Gasteiger partial charge in [0.05, 0.1) is 0 Å². The molecule has 5 heavy (non-hydrogen) atoms. The van der Waals surface area contributed by atoms with Gasteiger partial charge in [-0.3, -0.25) is 0 Å². The maximum absolute atomic E-state index is 4.43. The molecule has 0 saturated carbocycles. The second-order valence-corrected chi connectivity index (χ2v) is 1.24. The zero-order chi connectivity index (χ0) is 4.12. The summed E-state index contributed by atoms with van der Waals surface area (Å²) in [5.41, 5.74) is 0. The molecule has 0 atom stereocenters. The molecule has 0 saturated heterocycles. The molecule has 0 spiro atoms. The average molecular weight is 104 g/mol. The molecule has 0 amide bonds. The smallest absolute Gasteiger partial charge is 0.00412 e. The highest BCUT2D eigenvalue weighted by molar-refractivity contribution is 7.80. The maximum Gasteiger partial charge on any atom is 0.00412 e. The van der Waals surface area contributed by atoms with Crippen LogP contribution in [0.1, 0.15) is 6.42 Å². The van der Waals surface area contributed by atoms with E-state index in [-0.39, 0.29) is 0 Å². The minimum atomic E-state index is 0.769. The SMILES string of the molecule is S=CCC=S. The predicted octanol–water partition coefficient (Wildman–Crippen LogP) is 1.38. The lowest BCUT2D eigenvalue weighted by Gasteiger charge is -1.60. The molecule has 0 aliphatic heterocycles. The molecule has 0 heterocycles. The molecular weight excluding hydrogens is 100 g/mol. The molecular formula is C3H4S2. The average Bonchev–Trinajstić information content (AvgIpc) is 1.41. The Bertz CT molecular complexity index is 34.2. The first-order valence-electron chi connectivity index (χ1n) is 1.29. The summed E-state index contributed by atoms with van der Waals surface area (Å²) in [5.74, 6) is 0. The van der Waals surface area contributed by atoms with Crippen LogP contribution in [-0.2, 0) is 0 Å². The number of hydrogen-bond acceptors (Lipinski definition) is 2. The number of thiocarbonyl (C=S) groups is 2. The van der Waals surface area contributed by atoms with Crippen molar-refractivity contribution in [1.29, 1.82) is 0 Å². The molecule has 0 aromatic carbocycles. The highest BCUT2D eigenvalue weighted by Crippen LogP contribution is 1.61. The van der Waals surface area contributed by atoms with Gasteiger partial charge in [0.15, 0.2) is 0 Å². The zero-order valence-electron chi connectivity index (χ0n) is 2.68. The Morgan fingerprint density at radius 3 is 1.60 bits per heavy atom. The first kappa shape index (κ1) is 5.18. The zero-order valence-corrected chi connectivity index (χ0v) is 4.31. The molecule has 0 rings (SSSR count). The predicted molar refractivity (Wildman–Crippen MR) is 31.9 cm³/mol. The molecule has 0 fully saturated rings. The van der Waals surface area contributed by atoms with Crippen LogP contribution in [0.5, 0.6) is 0 Å². The summed E-state index contributed by atoms with van der Waals surface area (Å²) in [6.45, 7) is 0. The van der Waals surface area contributed by atoms with E-state index in [2.05, 4.69) is 24.4 Å². The molecule has 2 heteroatoms. The van der Waals surface area contributed by atoms with Crippen LogP contribution >= 0.6 is 24.4 Å². The first-order chi connectivity index (χ1) is 2.41. The van der Waals surface area contributed by atoms with Crippen molar-refractivity contribution in [2.24, 2.45) is 0 Å².